The van der Waals surface area contributed by atoms with Crippen LogP contribution >= 0.6 is 0 Å². The third-order valence-corrected chi connectivity index (χ3v) is 4.51. The fourth-order valence-electron chi connectivity index (χ4n) is 1.90. The first-order chi connectivity index (χ1) is 8.09. The summed E-state index contributed by atoms with van der Waals surface area (Å²) in [6.07, 6.45) is 3.73. The third-order valence-electron chi connectivity index (χ3n) is 2.90. The fraction of sp³-hybridized carbons (Fsp3) is 0.700. The van der Waals surface area contributed by atoms with Crippen LogP contribution in [0.1, 0.15) is 5.69 Å². The first-order valence-electron chi connectivity index (χ1n) is 5.72. The van der Waals surface area contributed by atoms with Crippen LogP contribution in [-0.2, 0) is 22.9 Å². The molecule has 0 spiro atoms. The number of nitrogens with two attached hydrogens (primary N) is 1. The monoisotopic (exact) mass is 258 g/mol. The topological polar surface area (TPSA) is 81.2 Å². The minimum Gasteiger partial charge on any atom is -0.336 e. The highest BCUT2D eigenvalue weighted by Gasteiger charge is 2.21. The SMILES string of the molecule is NCCn1cnc(CN2CCS(=O)(=O)CC2)c1. The minimum absolute atomic E-state index is 0.260. The summed E-state index contributed by atoms with van der Waals surface area (Å²) >= 11 is 0. The van der Waals surface area contributed by atoms with Crippen LogP contribution in [0, 0.1) is 0 Å². The lowest BCUT2D eigenvalue weighted by Crippen LogP contribution is -2.39. The fourth-order valence-corrected chi connectivity index (χ4v) is 3.17. The number of hydrogen-bond acceptors (Lipinski definition) is 5. The van der Waals surface area contributed by atoms with Crippen molar-refractivity contribution in [3.05, 3.63) is 18.2 Å². The second kappa shape index (κ2) is 5.16. The molecule has 1 aliphatic heterocycles. The number of rotatable bonds is 4. The van der Waals surface area contributed by atoms with Gasteiger partial charge in [-0.05, 0) is 0 Å². The molecule has 0 radical (unpaired) electrons. The van der Waals surface area contributed by atoms with Crippen molar-refractivity contribution in [2.75, 3.05) is 31.1 Å². The molecular formula is C10H18N4O2S. The lowest BCUT2D eigenvalue weighted by Gasteiger charge is -2.25. The van der Waals surface area contributed by atoms with E-state index in [4.69, 9.17) is 5.73 Å². The van der Waals surface area contributed by atoms with Crippen molar-refractivity contribution in [2.45, 2.75) is 13.1 Å². The predicted molar refractivity (Wildman–Crippen MR) is 65.2 cm³/mol. The van der Waals surface area contributed by atoms with E-state index in [0.29, 0.717) is 26.2 Å². The van der Waals surface area contributed by atoms with Gasteiger partial charge in [-0.15, -0.1) is 0 Å². The van der Waals surface area contributed by atoms with Crippen LogP contribution in [0.5, 0.6) is 0 Å². The zero-order valence-electron chi connectivity index (χ0n) is 9.75. The van der Waals surface area contributed by atoms with Gasteiger partial charge in [-0.3, -0.25) is 4.90 Å². The largest absolute Gasteiger partial charge is 0.336 e. The number of nitrogens with zero attached hydrogens (tertiary/aromatic N) is 3. The van der Waals surface area contributed by atoms with Crippen molar-refractivity contribution in [1.29, 1.82) is 0 Å². The molecule has 96 valence electrons. The standard InChI is InChI=1S/C10H18N4O2S/c11-1-2-14-8-10(12-9-14)7-13-3-5-17(15,16)6-4-13/h8-9H,1-7,11H2. The van der Waals surface area contributed by atoms with Gasteiger partial charge in [0.15, 0.2) is 9.84 Å². The van der Waals surface area contributed by atoms with E-state index in [1.807, 2.05) is 10.8 Å². The first-order valence-corrected chi connectivity index (χ1v) is 7.55. The average molecular weight is 258 g/mol. The Morgan fingerprint density at radius 2 is 2.06 bits per heavy atom. The molecule has 6 nitrogen and oxygen atoms in total. The summed E-state index contributed by atoms with van der Waals surface area (Å²) in [7, 11) is -2.80. The van der Waals surface area contributed by atoms with Crippen LogP contribution in [-0.4, -0.2) is 54.0 Å². The Bertz CT molecular complexity index is 454. The summed E-state index contributed by atoms with van der Waals surface area (Å²) in [4.78, 5) is 6.40. The maximum Gasteiger partial charge on any atom is 0.152 e. The highest BCUT2D eigenvalue weighted by molar-refractivity contribution is 7.91. The van der Waals surface area contributed by atoms with Gasteiger partial charge in [-0.2, -0.15) is 0 Å². The van der Waals surface area contributed by atoms with Gasteiger partial charge in [-0.25, -0.2) is 13.4 Å². The molecule has 17 heavy (non-hydrogen) atoms. The molecule has 0 aromatic carbocycles. The molecule has 1 saturated heterocycles. The van der Waals surface area contributed by atoms with Crippen molar-refractivity contribution in [3.63, 3.8) is 0 Å². The second-order valence-electron chi connectivity index (χ2n) is 4.32. The average Bonchev–Trinajstić information content (AvgIpc) is 2.70. The highest BCUT2D eigenvalue weighted by Crippen LogP contribution is 2.08. The molecule has 0 unspecified atom stereocenters. The van der Waals surface area contributed by atoms with E-state index in [1.165, 1.54) is 0 Å². The molecule has 2 N–H and O–H groups in total. The zero-order chi connectivity index (χ0) is 12.3. The van der Waals surface area contributed by atoms with E-state index >= 15 is 0 Å². The van der Waals surface area contributed by atoms with Crippen molar-refractivity contribution < 1.29 is 8.42 Å². The quantitative estimate of drug-likeness (QED) is 0.755. The minimum atomic E-state index is -2.80. The van der Waals surface area contributed by atoms with Gasteiger partial charge >= 0.3 is 0 Å². The Balaban J connectivity index is 1.88. The highest BCUT2D eigenvalue weighted by atomic mass is 32.2. The summed E-state index contributed by atoms with van der Waals surface area (Å²) in [5, 5.41) is 0. The summed E-state index contributed by atoms with van der Waals surface area (Å²) in [6, 6.07) is 0. The van der Waals surface area contributed by atoms with Crippen molar-refractivity contribution >= 4 is 9.84 Å². The third kappa shape index (κ3) is 3.52. The zero-order valence-corrected chi connectivity index (χ0v) is 10.6. The maximum absolute atomic E-state index is 11.3. The van der Waals surface area contributed by atoms with Gasteiger partial charge < -0.3 is 10.3 Å². The Kier molecular flexibility index (Phi) is 3.80. The van der Waals surface area contributed by atoms with E-state index in [9.17, 15) is 8.42 Å². The summed E-state index contributed by atoms with van der Waals surface area (Å²) in [6.45, 7) is 3.28. The van der Waals surface area contributed by atoms with E-state index in [1.54, 1.807) is 6.33 Å². The van der Waals surface area contributed by atoms with Crippen molar-refractivity contribution in [3.8, 4) is 0 Å². The second-order valence-corrected chi connectivity index (χ2v) is 6.62. The molecule has 1 fully saturated rings. The number of hydrogen-bond donors (Lipinski definition) is 1. The Hall–Kier alpha value is -0.920. The van der Waals surface area contributed by atoms with Gasteiger partial charge in [0.1, 0.15) is 0 Å². The van der Waals surface area contributed by atoms with Crippen LogP contribution in [0.2, 0.25) is 0 Å². The lowest BCUT2D eigenvalue weighted by molar-refractivity contribution is 0.284. The molecule has 7 heteroatoms. The molecule has 0 saturated carbocycles. The predicted octanol–water partition coefficient (Wildman–Crippen LogP) is -0.928. The van der Waals surface area contributed by atoms with E-state index in [2.05, 4.69) is 9.88 Å². The molecular weight excluding hydrogens is 240 g/mol. The Morgan fingerprint density at radius 3 is 2.71 bits per heavy atom. The smallest absolute Gasteiger partial charge is 0.152 e. The number of aromatic nitrogens is 2. The summed E-state index contributed by atoms with van der Waals surface area (Å²) in [5.41, 5.74) is 6.43. The molecule has 0 atom stereocenters. The van der Waals surface area contributed by atoms with Crippen LogP contribution in [0.25, 0.3) is 0 Å². The van der Waals surface area contributed by atoms with Gasteiger partial charge in [0, 0.05) is 38.9 Å². The normalized spacial score (nSPS) is 20.5. The maximum atomic E-state index is 11.3. The molecule has 0 aliphatic carbocycles. The van der Waals surface area contributed by atoms with Crippen LogP contribution in [0.4, 0.5) is 0 Å². The summed E-state index contributed by atoms with van der Waals surface area (Å²) < 4.78 is 24.5. The Labute approximate surface area is 101 Å². The first kappa shape index (κ1) is 12.5. The molecule has 0 amide bonds. The molecule has 1 aromatic rings. The van der Waals surface area contributed by atoms with E-state index in [0.717, 1.165) is 12.2 Å². The molecule has 1 aliphatic rings. The van der Waals surface area contributed by atoms with Crippen molar-refractivity contribution in [1.82, 2.24) is 14.5 Å². The van der Waals surface area contributed by atoms with Crippen LogP contribution in [0.3, 0.4) is 0 Å². The summed E-state index contributed by atoms with van der Waals surface area (Å²) in [5.74, 6) is 0.521. The molecule has 2 heterocycles. The van der Waals surface area contributed by atoms with Gasteiger partial charge in [0.2, 0.25) is 0 Å². The van der Waals surface area contributed by atoms with Crippen LogP contribution < -0.4 is 5.73 Å². The molecule has 2 rings (SSSR count). The van der Waals surface area contributed by atoms with E-state index in [-0.39, 0.29) is 11.5 Å². The lowest BCUT2D eigenvalue weighted by atomic mass is 10.4. The molecule has 1 aromatic heterocycles. The number of imidazole rings is 1. The Morgan fingerprint density at radius 1 is 1.35 bits per heavy atom. The van der Waals surface area contributed by atoms with Gasteiger partial charge in [0.05, 0.1) is 23.5 Å². The van der Waals surface area contributed by atoms with E-state index < -0.39 is 9.84 Å². The molecule has 0 bridgehead atoms. The van der Waals surface area contributed by atoms with Crippen LogP contribution in [0.15, 0.2) is 12.5 Å². The van der Waals surface area contributed by atoms with Gasteiger partial charge in [-0.1, -0.05) is 0 Å². The van der Waals surface area contributed by atoms with Crippen molar-refractivity contribution in [2.24, 2.45) is 5.73 Å². The number of sulfone groups is 1. The van der Waals surface area contributed by atoms with Gasteiger partial charge in [0.25, 0.3) is 0 Å².